The first-order chi connectivity index (χ1) is 10.9. The van der Waals surface area contributed by atoms with E-state index >= 15 is 0 Å². The zero-order chi connectivity index (χ0) is 16.4. The van der Waals surface area contributed by atoms with Crippen molar-refractivity contribution >= 4 is 22.5 Å². The molecule has 0 bridgehead atoms. The van der Waals surface area contributed by atoms with Crippen molar-refractivity contribution in [2.75, 3.05) is 0 Å². The van der Waals surface area contributed by atoms with E-state index in [2.05, 4.69) is 25.5 Å². The van der Waals surface area contributed by atoms with E-state index in [1.807, 2.05) is 0 Å². The van der Waals surface area contributed by atoms with Crippen molar-refractivity contribution in [2.45, 2.75) is 82.7 Å². The molecule has 4 rings (SSSR count). The first-order valence-electron chi connectivity index (χ1n) is 9.57. The Morgan fingerprint density at radius 1 is 0.957 bits per heavy atom. The molecule has 4 fully saturated rings. The van der Waals surface area contributed by atoms with Crippen molar-refractivity contribution in [3.63, 3.8) is 0 Å². The van der Waals surface area contributed by atoms with Crippen LogP contribution in [-0.2, 0) is 0 Å². The van der Waals surface area contributed by atoms with Gasteiger partial charge in [0.2, 0.25) is 0 Å². The molecule has 4 heteroatoms. The van der Waals surface area contributed by atoms with Gasteiger partial charge in [-0.1, -0.05) is 24.6 Å². The van der Waals surface area contributed by atoms with Gasteiger partial charge in [-0.05, 0) is 85.9 Å². The largest absolute Gasteiger partial charge is 0.393 e. The van der Waals surface area contributed by atoms with Crippen LogP contribution >= 0.6 is 22.5 Å². The molecule has 0 heterocycles. The number of hydrogen-bond donors (Lipinski definition) is 3. The highest BCUT2D eigenvalue weighted by Gasteiger charge is 2.62. The van der Waals surface area contributed by atoms with Gasteiger partial charge in [0, 0.05) is 5.25 Å². The minimum Gasteiger partial charge on any atom is -0.393 e. The highest BCUT2D eigenvalue weighted by atomic mass is 33.1. The third-order valence-electron chi connectivity index (χ3n) is 8.78. The van der Waals surface area contributed by atoms with Crippen LogP contribution in [-0.4, -0.2) is 27.7 Å². The number of rotatable bonds is 1. The molecule has 0 aromatic carbocycles. The second-order valence-corrected chi connectivity index (χ2v) is 10.8. The molecular formula is C19H32O2S2. The zero-order valence-corrected chi connectivity index (χ0v) is 16.2. The van der Waals surface area contributed by atoms with E-state index in [9.17, 15) is 10.2 Å². The van der Waals surface area contributed by atoms with Crippen molar-refractivity contribution in [2.24, 2.45) is 34.5 Å². The third kappa shape index (κ3) is 2.30. The van der Waals surface area contributed by atoms with Crippen molar-refractivity contribution in [3.05, 3.63) is 0 Å². The lowest BCUT2D eigenvalue weighted by molar-refractivity contribution is -0.130. The predicted molar refractivity (Wildman–Crippen MR) is 99.5 cm³/mol. The van der Waals surface area contributed by atoms with Gasteiger partial charge in [-0.25, -0.2) is 0 Å². The third-order valence-corrected chi connectivity index (χ3v) is 10.5. The number of thiol groups is 1. The Kier molecular flexibility index (Phi) is 4.32. The molecule has 4 aliphatic carbocycles. The Labute approximate surface area is 150 Å². The normalized spacial score (nSPS) is 59.1. The number of aliphatic hydroxyl groups is 2. The molecule has 0 aromatic rings. The molecule has 9 atom stereocenters. The molecule has 0 radical (unpaired) electrons. The summed E-state index contributed by atoms with van der Waals surface area (Å²) < 4.78 is 0. The Morgan fingerprint density at radius 3 is 2.48 bits per heavy atom. The second-order valence-electron chi connectivity index (χ2n) is 9.37. The minimum absolute atomic E-state index is 0.0813. The number of aliphatic hydroxyl groups excluding tert-OH is 2. The van der Waals surface area contributed by atoms with Crippen LogP contribution in [0.1, 0.15) is 65.2 Å². The summed E-state index contributed by atoms with van der Waals surface area (Å²) >= 11 is 4.60. The summed E-state index contributed by atoms with van der Waals surface area (Å²) in [5.41, 5.74) is 0.492. The second kappa shape index (κ2) is 5.82. The van der Waals surface area contributed by atoms with Gasteiger partial charge in [-0.15, -0.1) is 11.7 Å². The summed E-state index contributed by atoms with van der Waals surface area (Å²) in [6.45, 7) is 4.87. The highest BCUT2D eigenvalue weighted by Crippen LogP contribution is 2.67. The molecule has 0 aliphatic heterocycles. The van der Waals surface area contributed by atoms with E-state index in [4.69, 9.17) is 0 Å². The van der Waals surface area contributed by atoms with E-state index in [0.717, 1.165) is 31.1 Å². The summed E-state index contributed by atoms with van der Waals surface area (Å²) in [6.07, 6.45) is 8.96. The predicted octanol–water partition coefficient (Wildman–Crippen LogP) is 4.31. The maximum Gasteiger partial charge on any atom is 0.0596 e. The minimum atomic E-state index is -0.128. The molecule has 23 heavy (non-hydrogen) atoms. The van der Waals surface area contributed by atoms with Crippen molar-refractivity contribution < 1.29 is 10.2 Å². The van der Waals surface area contributed by atoms with E-state index in [0.29, 0.717) is 22.5 Å². The molecular weight excluding hydrogens is 324 g/mol. The van der Waals surface area contributed by atoms with Crippen LogP contribution in [0.5, 0.6) is 0 Å². The topological polar surface area (TPSA) is 40.5 Å². The van der Waals surface area contributed by atoms with E-state index in [-0.39, 0.29) is 17.6 Å². The molecule has 2 unspecified atom stereocenters. The number of fused-ring (bicyclic) bond motifs is 5. The standard InChI is InChI=1S/C19H32O2S2/c1-18-8-7-15-13(14(18)5-6-16(18)21)4-3-11-9-12(20)10-17(23-22)19(11,15)2/h11-17,20-22H,3-10H2,1-2H3/t11?,12-,13+,14+,15+,16-,17?,18+,19+/m1/s1. The van der Waals surface area contributed by atoms with E-state index < -0.39 is 0 Å². The van der Waals surface area contributed by atoms with Gasteiger partial charge in [0.1, 0.15) is 0 Å². The van der Waals surface area contributed by atoms with Gasteiger partial charge in [0.15, 0.2) is 0 Å². The molecule has 4 aliphatic rings. The van der Waals surface area contributed by atoms with Crippen LogP contribution in [0.2, 0.25) is 0 Å². The average Bonchev–Trinajstić information content (AvgIpc) is 2.83. The Balaban J connectivity index is 1.67. The quantitative estimate of drug-likeness (QED) is 0.484. The zero-order valence-electron chi connectivity index (χ0n) is 14.4. The molecule has 0 aromatic heterocycles. The molecule has 4 saturated carbocycles. The lowest BCUT2D eigenvalue weighted by Crippen LogP contribution is -2.58. The van der Waals surface area contributed by atoms with Gasteiger partial charge < -0.3 is 10.2 Å². The van der Waals surface area contributed by atoms with Gasteiger partial charge in [-0.2, -0.15) is 0 Å². The first-order valence-corrected chi connectivity index (χ1v) is 11.5. The van der Waals surface area contributed by atoms with E-state index in [1.54, 1.807) is 10.8 Å². The summed E-state index contributed by atoms with van der Waals surface area (Å²) in [5.74, 6) is 2.92. The van der Waals surface area contributed by atoms with Crippen molar-refractivity contribution in [3.8, 4) is 0 Å². The monoisotopic (exact) mass is 356 g/mol. The molecule has 0 saturated heterocycles. The molecule has 132 valence electrons. The van der Waals surface area contributed by atoms with Crippen molar-refractivity contribution in [1.29, 1.82) is 0 Å². The average molecular weight is 357 g/mol. The van der Waals surface area contributed by atoms with Crippen LogP contribution in [0.25, 0.3) is 0 Å². The Hall–Kier alpha value is 0.620. The fourth-order valence-corrected chi connectivity index (χ4v) is 9.24. The fourth-order valence-electron chi connectivity index (χ4n) is 7.40. The molecule has 0 spiro atoms. The molecule has 0 amide bonds. The van der Waals surface area contributed by atoms with Crippen LogP contribution in [0.15, 0.2) is 0 Å². The van der Waals surface area contributed by atoms with Crippen LogP contribution in [0.3, 0.4) is 0 Å². The Morgan fingerprint density at radius 2 is 1.74 bits per heavy atom. The lowest BCUT2D eigenvalue weighted by Gasteiger charge is -2.62. The first kappa shape index (κ1) is 17.1. The van der Waals surface area contributed by atoms with Gasteiger partial charge in [0.05, 0.1) is 12.2 Å². The van der Waals surface area contributed by atoms with Crippen LogP contribution < -0.4 is 0 Å². The summed E-state index contributed by atoms with van der Waals surface area (Å²) in [6, 6.07) is 0. The van der Waals surface area contributed by atoms with E-state index in [1.165, 1.54) is 32.1 Å². The lowest BCUT2D eigenvalue weighted by atomic mass is 9.45. The van der Waals surface area contributed by atoms with Crippen LogP contribution in [0.4, 0.5) is 0 Å². The fraction of sp³-hybridized carbons (Fsp3) is 1.00. The van der Waals surface area contributed by atoms with Gasteiger partial charge >= 0.3 is 0 Å². The Bertz CT molecular complexity index is 462. The number of hydrogen-bond acceptors (Lipinski definition) is 4. The maximum absolute atomic E-state index is 10.6. The van der Waals surface area contributed by atoms with Crippen molar-refractivity contribution in [1.82, 2.24) is 0 Å². The molecule has 2 nitrogen and oxygen atoms in total. The maximum atomic E-state index is 10.6. The van der Waals surface area contributed by atoms with Gasteiger partial charge in [0.25, 0.3) is 0 Å². The van der Waals surface area contributed by atoms with Crippen LogP contribution in [0, 0.1) is 34.5 Å². The summed E-state index contributed by atoms with van der Waals surface area (Å²) in [5, 5.41) is 21.3. The highest BCUT2D eigenvalue weighted by molar-refractivity contribution is 8.68. The summed E-state index contributed by atoms with van der Waals surface area (Å²) in [4.78, 5) is 0. The summed E-state index contributed by atoms with van der Waals surface area (Å²) in [7, 11) is 1.70. The van der Waals surface area contributed by atoms with Gasteiger partial charge in [-0.3, -0.25) is 0 Å². The molecule has 2 N–H and O–H groups in total. The smallest absolute Gasteiger partial charge is 0.0596 e. The SMILES string of the molecule is C[C@]12C(CC[C@@H]3[C@@H]1CC[C@]1(C)[C@H](O)CC[C@@H]31)C[C@@H](O)CC2SS.